The number of nitrogens with zero attached hydrogens (tertiary/aromatic N) is 1. The number of nitrogens with one attached hydrogen (secondary N) is 2. The van der Waals surface area contributed by atoms with Crippen molar-refractivity contribution in [2.24, 2.45) is 0 Å². The number of hydrogen-bond acceptors (Lipinski definition) is 4. The van der Waals surface area contributed by atoms with E-state index in [4.69, 9.17) is 4.74 Å². The highest BCUT2D eigenvalue weighted by Crippen LogP contribution is 2.14. The van der Waals surface area contributed by atoms with E-state index in [9.17, 15) is 9.59 Å². The minimum Gasteiger partial charge on any atom is -0.497 e. The molecule has 0 aliphatic carbocycles. The van der Waals surface area contributed by atoms with E-state index < -0.39 is 0 Å². The van der Waals surface area contributed by atoms with Gasteiger partial charge in [-0.1, -0.05) is 26.0 Å². The summed E-state index contributed by atoms with van der Waals surface area (Å²) in [6.45, 7) is 9.61. The molecule has 0 aliphatic rings. The molecule has 0 aromatic heterocycles. The molecule has 0 unspecified atom stereocenters. The van der Waals surface area contributed by atoms with Crippen LogP contribution in [0.15, 0.2) is 42.5 Å². The number of ether oxygens (including phenoxy) is 1. The summed E-state index contributed by atoms with van der Waals surface area (Å²) < 4.78 is 5.24. The number of hydrogen-bond donors (Lipinski definition) is 2. The maximum atomic E-state index is 12.9. The molecule has 6 nitrogen and oxygen atoms in total. The van der Waals surface area contributed by atoms with E-state index in [1.165, 1.54) is 0 Å². The van der Waals surface area contributed by atoms with Crippen LogP contribution in [-0.4, -0.2) is 50.0 Å². The molecular weight excluding hydrogens is 402 g/mol. The summed E-state index contributed by atoms with van der Waals surface area (Å²) in [4.78, 5) is 27.4. The second-order valence-electron chi connectivity index (χ2n) is 8.02. The molecule has 0 saturated heterocycles. The number of carbonyl (C=O) groups excluding carboxylic acids is 2. The zero-order valence-corrected chi connectivity index (χ0v) is 19.9. The molecule has 2 N–H and O–H groups in total. The fourth-order valence-electron chi connectivity index (χ4n) is 3.61. The quantitative estimate of drug-likeness (QED) is 0.460. The summed E-state index contributed by atoms with van der Waals surface area (Å²) in [7, 11) is 1.66. The summed E-state index contributed by atoms with van der Waals surface area (Å²) in [5.41, 5.74) is 3.18. The Kier molecular flexibility index (Phi) is 10.7. The second-order valence-corrected chi connectivity index (χ2v) is 8.02. The van der Waals surface area contributed by atoms with Gasteiger partial charge in [-0.2, -0.15) is 0 Å². The number of rotatable bonds is 13. The summed E-state index contributed by atoms with van der Waals surface area (Å²) in [6, 6.07) is 13.4. The first-order chi connectivity index (χ1) is 15.5. The van der Waals surface area contributed by atoms with Crippen LogP contribution in [0, 0.1) is 6.92 Å². The zero-order chi connectivity index (χ0) is 23.3. The van der Waals surface area contributed by atoms with Crippen LogP contribution in [0.1, 0.15) is 65.0 Å². The summed E-state index contributed by atoms with van der Waals surface area (Å²) in [5.74, 6) is 0.696. The Labute approximate surface area is 192 Å². The van der Waals surface area contributed by atoms with Crippen LogP contribution in [0.5, 0.6) is 5.75 Å². The van der Waals surface area contributed by atoms with Crippen LogP contribution >= 0.6 is 0 Å². The Morgan fingerprint density at radius 1 is 0.969 bits per heavy atom. The Morgan fingerprint density at radius 2 is 1.69 bits per heavy atom. The van der Waals surface area contributed by atoms with Gasteiger partial charge in [-0.15, -0.1) is 0 Å². The van der Waals surface area contributed by atoms with Crippen molar-refractivity contribution < 1.29 is 14.3 Å². The first-order valence-corrected chi connectivity index (χ1v) is 11.5. The van der Waals surface area contributed by atoms with Crippen LogP contribution in [0.25, 0.3) is 0 Å². The first-order valence-electron chi connectivity index (χ1n) is 11.5. The molecule has 0 aliphatic heterocycles. The highest BCUT2D eigenvalue weighted by atomic mass is 16.5. The van der Waals surface area contributed by atoms with Crippen molar-refractivity contribution in [3.8, 4) is 5.75 Å². The van der Waals surface area contributed by atoms with E-state index in [2.05, 4.69) is 30.5 Å². The van der Waals surface area contributed by atoms with Crippen molar-refractivity contribution in [3.05, 3.63) is 64.7 Å². The van der Waals surface area contributed by atoms with E-state index in [0.717, 1.165) is 62.3 Å². The smallest absolute Gasteiger partial charge is 0.253 e. The first kappa shape index (κ1) is 25.4. The molecular formula is C26H37N3O3. The lowest BCUT2D eigenvalue weighted by Crippen LogP contribution is -2.33. The average Bonchev–Trinajstić information content (AvgIpc) is 2.80. The van der Waals surface area contributed by atoms with Gasteiger partial charge in [0.2, 0.25) is 0 Å². The second kappa shape index (κ2) is 13.5. The zero-order valence-electron chi connectivity index (χ0n) is 19.9. The van der Waals surface area contributed by atoms with Crippen molar-refractivity contribution in [1.29, 1.82) is 0 Å². The lowest BCUT2D eigenvalue weighted by molar-refractivity contribution is 0.0755. The van der Waals surface area contributed by atoms with Crippen molar-refractivity contribution in [1.82, 2.24) is 15.5 Å². The molecule has 6 heteroatoms. The standard InChI is InChI=1S/C26H37N3O3/c1-5-13-29(14-6-2)26(31)23-16-20(3)15-22(18-23)25(30)28-12-8-11-27-19-21-9-7-10-24(17-21)32-4/h7,9-10,15-18,27H,5-6,8,11-14,19H2,1-4H3,(H,28,30). The molecule has 0 atom stereocenters. The SMILES string of the molecule is CCCN(CCC)C(=O)c1cc(C)cc(C(=O)NCCCNCc2cccc(OC)c2)c1. The van der Waals surface area contributed by atoms with E-state index >= 15 is 0 Å². The van der Waals surface area contributed by atoms with Gasteiger partial charge in [0.25, 0.3) is 11.8 Å². The Morgan fingerprint density at radius 3 is 2.38 bits per heavy atom. The molecule has 2 rings (SSSR count). The third kappa shape index (κ3) is 8.00. The van der Waals surface area contributed by atoms with Crippen LogP contribution < -0.4 is 15.4 Å². The van der Waals surface area contributed by atoms with Gasteiger partial charge < -0.3 is 20.3 Å². The highest BCUT2D eigenvalue weighted by Gasteiger charge is 2.17. The average molecular weight is 440 g/mol. The fraction of sp³-hybridized carbons (Fsp3) is 0.462. The monoisotopic (exact) mass is 439 g/mol. The van der Waals surface area contributed by atoms with Gasteiger partial charge in [-0.3, -0.25) is 9.59 Å². The summed E-state index contributed by atoms with van der Waals surface area (Å²) >= 11 is 0. The predicted molar refractivity (Wildman–Crippen MR) is 129 cm³/mol. The Bertz CT molecular complexity index is 876. The Hall–Kier alpha value is -2.86. The molecule has 0 radical (unpaired) electrons. The predicted octanol–water partition coefficient (Wildman–Crippen LogP) is 4.18. The van der Waals surface area contributed by atoms with Crippen LogP contribution in [-0.2, 0) is 6.54 Å². The van der Waals surface area contributed by atoms with Crippen molar-refractivity contribution in [2.75, 3.05) is 33.3 Å². The highest BCUT2D eigenvalue weighted by molar-refractivity contribution is 6.00. The van der Waals surface area contributed by atoms with Gasteiger partial charge in [-0.05, 0) is 74.2 Å². The lowest BCUT2D eigenvalue weighted by atomic mass is 10.0. The van der Waals surface area contributed by atoms with E-state index in [1.54, 1.807) is 13.2 Å². The molecule has 0 fully saturated rings. The third-order valence-corrected chi connectivity index (χ3v) is 5.14. The molecule has 2 aromatic rings. The van der Waals surface area contributed by atoms with Crippen LogP contribution in [0.3, 0.4) is 0 Å². The molecule has 0 spiro atoms. The summed E-state index contributed by atoms with van der Waals surface area (Å²) in [5, 5.41) is 6.34. The van der Waals surface area contributed by atoms with Crippen molar-refractivity contribution in [3.63, 3.8) is 0 Å². The molecule has 0 bridgehead atoms. The van der Waals surface area contributed by atoms with Crippen molar-refractivity contribution >= 4 is 11.8 Å². The number of methoxy groups -OCH3 is 1. The van der Waals surface area contributed by atoms with Crippen LogP contribution in [0.4, 0.5) is 0 Å². The maximum absolute atomic E-state index is 12.9. The molecule has 2 aromatic carbocycles. The minimum absolute atomic E-state index is 0.00630. The van der Waals surface area contributed by atoms with E-state index in [-0.39, 0.29) is 11.8 Å². The largest absolute Gasteiger partial charge is 0.497 e. The molecule has 2 amide bonds. The molecule has 0 saturated carbocycles. The number of amides is 2. The topological polar surface area (TPSA) is 70.7 Å². The van der Waals surface area contributed by atoms with Crippen LogP contribution in [0.2, 0.25) is 0 Å². The number of carbonyl (C=O) groups is 2. The number of benzene rings is 2. The van der Waals surface area contributed by atoms with E-state index in [0.29, 0.717) is 17.7 Å². The van der Waals surface area contributed by atoms with Crippen molar-refractivity contribution in [2.45, 2.75) is 46.6 Å². The molecule has 0 heterocycles. The van der Waals surface area contributed by atoms with E-state index in [1.807, 2.05) is 42.2 Å². The molecule has 32 heavy (non-hydrogen) atoms. The van der Waals surface area contributed by atoms with Gasteiger partial charge in [0.05, 0.1) is 7.11 Å². The Balaban J connectivity index is 1.84. The molecule has 174 valence electrons. The van der Waals surface area contributed by atoms with Gasteiger partial charge in [-0.25, -0.2) is 0 Å². The number of aryl methyl sites for hydroxylation is 1. The van der Waals surface area contributed by atoms with Gasteiger partial charge in [0.15, 0.2) is 0 Å². The van der Waals surface area contributed by atoms with Gasteiger partial charge in [0, 0.05) is 37.3 Å². The minimum atomic E-state index is -0.145. The van der Waals surface area contributed by atoms with Gasteiger partial charge >= 0.3 is 0 Å². The summed E-state index contributed by atoms with van der Waals surface area (Å²) in [6.07, 6.45) is 2.64. The normalized spacial score (nSPS) is 10.6. The van der Waals surface area contributed by atoms with Gasteiger partial charge in [0.1, 0.15) is 5.75 Å². The lowest BCUT2D eigenvalue weighted by Gasteiger charge is -2.22. The maximum Gasteiger partial charge on any atom is 0.253 e. The third-order valence-electron chi connectivity index (χ3n) is 5.14. The fourth-order valence-corrected chi connectivity index (χ4v) is 3.61.